The molecule has 0 bridgehead atoms. The van der Waals surface area contributed by atoms with Gasteiger partial charge in [0.1, 0.15) is 29.1 Å². The zero-order valence-electron chi connectivity index (χ0n) is 46.6. The van der Waals surface area contributed by atoms with Crippen molar-refractivity contribution >= 4 is 41.2 Å². The number of benzene rings is 5. The Balaban J connectivity index is -0.000000285. The minimum atomic E-state index is -0.837. The van der Waals surface area contributed by atoms with Crippen LogP contribution in [0.1, 0.15) is 148 Å². The number of nitrogens with zero attached hydrogens (tertiary/aromatic N) is 1. The van der Waals surface area contributed by atoms with Crippen LogP contribution >= 0.6 is 11.8 Å². The first-order chi connectivity index (χ1) is 38.0. The van der Waals surface area contributed by atoms with Gasteiger partial charge in [0.05, 0.1) is 26.4 Å². The van der Waals surface area contributed by atoms with Crippen molar-refractivity contribution in [1.82, 2.24) is 5.00 Å². The van der Waals surface area contributed by atoms with Gasteiger partial charge in [0.15, 0.2) is 5.78 Å². The van der Waals surface area contributed by atoms with E-state index in [1.165, 1.54) is 55.6 Å². The van der Waals surface area contributed by atoms with Crippen LogP contribution in [0.4, 0.5) is 22.0 Å². The van der Waals surface area contributed by atoms with Crippen LogP contribution in [-0.2, 0) is 56.0 Å². The Kier molecular flexibility index (Phi) is 54.7. The standard InChI is InChI=1S/C11H13FO2.C10H10FNO.C10H12FN.C10H11FO2.C10H9FO.C5H8O2.C2H6O.CH4O.2CH4.ClH2NO.Na.H2O/c1-14-11(13)8-4-6-9-5-2-3-7-10(9)12;11-9-5-1-4-8-7(9)3-2-6-10(8)12-13;11-9-5-1-4-8-7(9)3-2-6-10(8)12;11-9-6-2-1-4-8(9)5-3-7-10(12)13;11-9-5-1-4-8-7(9)3-2-6-10(8)12;1-3-4-5(6)7-2;1-2-3;1-2;;;1-2-3;;/h2-3,5,7H,4,6,8H2,1H3;1,4-5,13H,2-3,6H2;1,4-5,10H,2-3,6,12H2;1-2,4,6H,3,5,7H2,(H,12,13);1,4-5H,2-3,6H2;3H,1,4H2,2H3;3H,2H2,1H3;2H,1H3;2*1H4;2-3H;;1H2/q;;;;;;;;;;;+1;/p-1/b;12-10+;;;;;;;;;;;. The number of carbonyl (C=O) groups excluding carboxylic acids is 3. The second kappa shape index (κ2) is 52.9. The Labute approximate surface area is 513 Å². The molecule has 83 heavy (non-hydrogen) atoms. The summed E-state index contributed by atoms with van der Waals surface area (Å²) >= 11 is 4.30. The number of hydrogen-bond donors (Lipinski definition) is 7. The van der Waals surface area contributed by atoms with Crippen LogP contribution in [0.15, 0.2) is 121 Å². The summed E-state index contributed by atoms with van der Waals surface area (Å²) in [7, 11) is 3.71. The molecule has 9 N–H and O–H groups in total. The van der Waals surface area contributed by atoms with Crippen LogP contribution in [0.25, 0.3) is 0 Å². The van der Waals surface area contributed by atoms with E-state index >= 15 is 0 Å². The molecule has 5 aromatic rings. The monoisotopic (exact) mass is 1200 g/mol. The van der Waals surface area contributed by atoms with E-state index in [-0.39, 0.29) is 116 Å². The van der Waals surface area contributed by atoms with Gasteiger partial charge in [0.25, 0.3) is 0 Å². The molecule has 0 spiro atoms. The minimum absolute atomic E-state index is 0. The van der Waals surface area contributed by atoms with E-state index in [2.05, 4.69) is 33.0 Å². The third-order valence-electron chi connectivity index (χ3n) is 11.5. The molecule has 5 aromatic carbocycles. The maximum Gasteiger partial charge on any atom is 1.00 e. The number of aliphatic carboxylic acids is 1. The summed E-state index contributed by atoms with van der Waals surface area (Å²) in [5.41, 5.74) is 12.1. The fourth-order valence-corrected chi connectivity index (χ4v) is 7.79. The molecule has 0 saturated carbocycles. The molecule has 3 aliphatic carbocycles. The summed E-state index contributed by atoms with van der Waals surface area (Å²) in [6.07, 6.45) is 11.6. The first-order valence-electron chi connectivity index (χ1n) is 25.3. The number of nitrogens with two attached hydrogens (primary N) is 1. The average Bonchev–Trinajstić information content (AvgIpc) is 3.45. The van der Waals surface area contributed by atoms with Crippen LogP contribution in [0, 0.1) is 29.1 Å². The molecule has 0 aliphatic heterocycles. The first-order valence-corrected chi connectivity index (χ1v) is 25.7. The summed E-state index contributed by atoms with van der Waals surface area (Å²) in [6, 6.07) is 27.9. The van der Waals surface area contributed by atoms with E-state index in [0.717, 1.165) is 68.7 Å². The van der Waals surface area contributed by atoms with Gasteiger partial charge in [0.2, 0.25) is 0 Å². The number of carboxylic acid groups (broad SMARTS) is 1. The van der Waals surface area contributed by atoms with E-state index < -0.39 is 5.97 Å². The number of ether oxygens (including phenoxy) is 2. The van der Waals surface area contributed by atoms with Gasteiger partial charge in [-0.25, -0.2) is 22.0 Å². The van der Waals surface area contributed by atoms with Gasteiger partial charge in [-0.3, -0.25) is 19.2 Å². The Morgan fingerprint density at radius 2 is 1.10 bits per heavy atom. The molecule has 0 radical (unpaired) electrons. The Morgan fingerprint density at radius 1 is 0.687 bits per heavy atom. The molecule has 0 heterocycles. The van der Waals surface area contributed by atoms with Crippen LogP contribution in [-0.4, -0.2) is 88.5 Å². The second-order valence-corrected chi connectivity index (χ2v) is 17.0. The number of carboxylic acids is 1. The number of hydrogen-bond acceptors (Lipinski definition) is 14. The molecule has 0 aromatic heterocycles. The van der Waals surface area contributed by atoms with Crippen molar-refractivity contribution in [2.75, 3.05) is 27.9 Å². The number of carbonyl (C=O) groups is 4. The first kappa shape index (κ1) is 85.9. The summed E-state index contributed by atoms with van der Waals surface area (Å²) in [6.45, 7) is 5.28. The van der Waals surface area contributed by atoms with Crippen LogP contribution in [0.2, 0.25) is 0 Å². The van der Waals surface area contributed by atoms with Crippen molar-refractivity contribution in [2.24, 2.45) is 10.9 Å². The molecular weight excluding hydrogens is 1120 g/mol. The number of fused-ring (bicyclic) bond motifs is 3. The summed E-state index contributed by atoms with van der Waals surface area (Å²) in [4.78, 5) is 43.6. The molecular formula is C61H84ClF5N3NaO12. The Bertz CT molecular complexity index is 2620. The van der Waals surface area contributed by atoms with Crippen molar-refractivity contribution < 1.29 is 111 Å². The van der Waals surface area contributed by atoms with Gasteiger partial charge in [-0.1, -0.05) is 98.9 Å². The maximum absolute atomic E-state index is 13.2. The Morgan fingerprint density at radius 3 is 1.52 bits per heavy atom. The normalized spacial score (nSPS) is 12.8. The number of Topliss-reactive ketones (excluding diaryl/α,β-unsaturated/α-hetero) is 1. The van der Waals surface area contributed by atoms with Gasteiger partial charge in [-0.2, -0.15) is 0 Å². The third kappa shape index (κ3) is 35.1. The number of methoxy groups -OCH3 is 2. The molecule has 0 saturated heterocycles. The average molecular weight is 1200 g/mol. The van der Waals surface area contributed by atoms with Crippen molar-refractivity contribution in [3.63, 3.8) is 0 Å². The summed E-state index contributed by atoms with van der Waals surface area (Å²) in [5.74, 6) is -2.24. The van der Waals surface area contributed by atoms with Crippen molar-refractivity contribution in [3.05, 3.63) is 189 Å². The topological polar surface area (TPSA) is 268 Å². The summed E-state index contributed by atoms with van der Waals surface area (Å²) in [5, 5.41) is 41.9. The van der Waals surface area contributed by atoms with Gasteiger partial charge >= 0.3 is 47.5 Å². The molecule has 3 aliphatic rings. The number of halogens is 6. The fourth-order valence-electron chi connectivity index (χ4n) is 7.79. The van der Waals surface area contributed by atoms with Crippen LogP contribution in [0.5, 0.6) is 0 Å². The predicted octanol–water partition coefficient (Wildman–Crippen LogP) is 9.96. The molecule has 1 unspecified atom stereocenters. The predicted molar refractivity (Wildman–Crippen MR) is 310 cm³/mol. The molecule has 22 heteroatoms. The molecule has 0 fully saturated rings. The smallest absolute Gasteiger partial charge is 0.870 e. The van der Waals surface area contributed by atoms with Gasteiger partial charge < -0.3 is 46.4 Å². The van der Waals surface area contributed by atoms with Gasteiger partial charge in [0, 0.05) is 61.9 Å². The van der Waals surface area contributed by atoms with Crippen LogP contribution in [0.3, 0.4) is 0 Å². The molecule has 8 rings (SSSR count). The number of aliphatic hydroxyl groups excluding tert-OH is 2. The maximum atomic E-state index is 13.2. The zero-order chi connectivity index (χ0) is 59.5. The van der Waals surface area contributed by atoms with Crippen molar-refractivity contribution in [3.8, 4) is 0 Å². The van der Waals surface area contributed by atoms with E-state index in [1.807, 2.05) is 6.07 Å². The molecule has 0 amide bonds. The minimum Gasteiger partial charge on any atom is -0.870 e. The Hall–Kier alpha value is -5.91. The van der Waals surface area contributed by atoms with Crippen LogP contribution < -0.4 is 40.3 Å². The molecule has 15 nitrogen and oxygen atoms in total. The van der Waals surface area contributed by atoms with Gasteiger partial charge in [-0.15, -0.1) is 11.6 Å². The number of nitrogens with one attached hydrogen (secondary N) is 1. The van der Waals surface area contributed by atoms with E-state index in [1.54, 1.807) is 73.7 Å². The van der Waals surface area contributed by atoms with Crippen molar-refractivity contribution in [1.29, 1.82) is 0 Å². The fraction of sp³-hybridized carbons (Fsp3) is 0.393. The van der Waals surface area contributed by atoms with E-state index in [9.17, 15) is 41.1 Å². The molecule has 458 valence electrons. The van der Waals surface area contributed by atoms with E-state index in [4.69, 9.17) is 31.5 Å². The SMILES string of the molecule is C.C.C=CCC(=O)OC.CCO.CO.COC(=O)CCCc1ccccc1F.NC1CCCc2c(F)cccc21.O/N=C1\CCCc2c(F)cccc21.O=C(O)CCCc1ccccc1F.O=C1CCCc2c(F)cccc21.ONCl.[Na+].[OH-]. The second-order valence-electron chi connectivity index (χ2n) is 16.8. The quantitative estimate of drug-likeness (QED) is 0.0130. The number of rotatable bonds is 10. The molecule has 1 atom stereocenters. The number of oxime groups is 1. The number of aryl methyl sites for hydroxylation is 2. The third-order valence-corrected chi connectivity index (χ3v) is 11.5. The number of esters is 2. The van der Waals surface area contributed by atoms with E-state index in [0.29, 0.717) is 84.9 Å². The number of aliphatic hydroxyl groups is 2. The largest absolute Gasteiger partial charge is 1.00 e. The summed E-state index contributed by atoms with van der Waals surface area (Å²) < 4.78 is 74.3. The van der Waals surface area contributed by atoms with Crippen molar-refractivity contribution in [2.45, 2.75) is 131 Å². The zero-order valence-corrected chi connectivity index (χ0v) is 49.4. The number of ketones is 1. The van der Waals surface area contributed by atoms with Gasteiger partial charge in [-0.05, 0) is 148 Å².